The van der Waals surface area contributed by atoms with Gasteiger partial charge >= 0.3 is 0 Å². The lowest BCUT2D eigenvalue weighted by Gasteiger charge is -2.35. The Kier molecular flexibility index (Phi) is 4.26. The lowest BCUT2D eigenvalue weighted by molar-refractivity contribution is 0.0674. The molecule has 126 valence electrons. The summed E-state index contributed by atoms with van der Waals surface area (Å²) in [6.45, 7) is 6.65. The summed E-state index contributed by atoms with van der Waals surface area (Å²) in [5.74, 6) is -0.594. The van der Waals surface area contributed by atoms with Crippen molar-refractivity contribution in [3.05, 3.63) is 68.9 Å². The summed E-state index contributed by atoms with van der Waals surface area (Å²) >= 11 is 0. The monoisotopic (exact) mass is 328 g/mol. The molecule has 0 spiro atoms. The zero-order valence-electron chi connectivity index (χ0n) is 14.2. The van der Waals surface area contributed by atoms with Crippen molar-refractivity contribution in [3.8, 4) is 0 Å². The molecule has 0 fully saturated rings. The van der Waals surface area contributed by atoms with E-state index < -0.39 is 0 Å². The van der Waals surface area contributed by atoms with Gasteiger partial charge in [0.05, 0.1) is 6.04 Å². The molecular weight excluding hydrogens is 307 g/mol. The first-order valence-corrected chi connectivity index (χ1v) is 8.23. The summed E-state index contributed by atoms with van der Waals surface area (Å²) in [6, 6.07) is 7.84. The second kappa shape index (κ2) is 6.23. The lowest BCUT2D eigenvalue weighted by atomic mass is 9.93. The van der Waals surface area contributed by atoms with Crippen LogP contribution < -0.4 is 5.56 Å². The van der Waals surface area contributed by atoms with Gasteiger partial charge in [0.2, 0.25) is 0 Å². The minimum atomic E-state index is -0.307. The van der Waals surface area contributed by atoms with Crippen molar-refractivity contribution in [3.63, 3.8) is 0 Å². The second-order valence-corrected chi connectivity index (χ2v) is 6.21. The number of hydrogen-bond acceptors (Lipinski definition) is 2. The number of benzene rings is 1. The molecule has 3 rings (SSSR count). The minimum absolute atomic E-state index is 0.175. The van der Waals surface area contributed by atoms with Gasteiger partial charge in [-0.1, -0.05) is 6.07 Å². The maximum absolute atomic E-state index is 13.6. The Labute approximate surface area is 140 Å². The van der Waals surface area contributed by atoms with Gasteiger partial charge < -0.3 is 9.47 Å². The fourth-order valence-electron chi connectivity index (χ4n) is 3.44. The van der Waals surface area contributed by atoms with E-state index in [1.807, 2.05) is 20.8 Å². The molecule has 0 saturated heterocycles. The van der Waals surface area contributed by atoms with Crippen LogP contribution in [-0.4, -0.2) is 21.9 Å². The summed E-state index contributed by atoms with van der Waals surface area (Å²) in [4.78, 5) is 27.2. The van der Waals surface area contributed by atoms with Crippen LogP contribution in [0.1, 0.15) is 47.1 Å². The van der Waals surface area contributed by atoms with E-state index in [2.05, 4.69) is 0 Å². The van der Waals surface area contributed by atoms with E-state index in [0.29, 0.717) is 19.5 Å². The van der Waals surface area contributed by atoms with E-state index in [4.69, 9.17) is 0 Å². The van der Waals surface area contributed by atoms with Crippen LogP contribution in [0.3, 0.4) is 0 Å². The molecule has 1 amide bonds. The van der Waals surface area contributed by atoms with Crippen LogP contribution >= 0.6 is 0 Å². The minimum Gasteiger partial charge on any atom is -0.331 e. The number of amides is 1. The Balaban J connectivity index is 1.99. The highest BCUT2D eigenvalue weighted by molar-refractivity contribution is 5.94. The molecule has 2 aromatic rings. The van der Waals surface area contributed by atoms with Crippen molar-refractivity contribution in [2.24, 2.45) is 0 Å². The van der Waals surface area contributed by atoms with Crippen LogP contribution in [-0.2, 0) is 13.0 Å². The fourth-order valence-corrected chi connectivity index (χ4v) is 3.44. The van der Waals surface area contributed by atoms with E-state index in [0.717, 1.165) is 16.8 Å². The molecule has 1 aliphatic heterocycles. The summed E-state index contributed by atoms with van der Waals surface area (Å²) in [5.41, 5.74) is 2.62. The number of aromatic nitrogens is 1. The lowest BCUT2D eigenvalue weighted by Crippen LogP contribution is -2.42. The third-order valence-corrected chi connectivity index (χ3v) is 4.85. The second-order valence-electron chi connectivity index (χ2n) is 6.21. The average Bonchev–Trinajstić information content (AvgIpc) is 2.56. The molecule has 1 aliphatic rings. The first-order chi connectivity index (χ1) is 11.4. The van der Waals surface area contributed by atoms with Gasteiger partial charge in [0.15, 0.2) is 0 Å². The number of hydrogen-bond donors (Lipinski definition) is 0. The fraction of sp³-hybridized carbons (Fsp3) is 0.368. The third kappa shape index (κ3) is 2.64. The summed E-state index contributed by atoms with van der Waals surface area (Å²) in [7, 11) is 0. The molecule has 2 heterocycles. The Morgan fingerprint density at radius 1 is 1.29 bits per heavy atom. The number of rotatable bonds is 2. The van der Waals surface area contributed by atoms with Gasteiger partial charge in [-0.3, -0.25) is 9.59 Å². The standard InChI is InChI=1S/C19H21FN2O2/c1-4-21-12(2)5-8-16(18(21)23)19(24)22-10-9-14-6-7-15(20)11-17(14)13(22)3/h5-8,11,13H,4,9-10H2,1-3H3. The van der Waals surface area contributed by atoms with Crippen LogP contribution in [0.15, 0.2) is 35.1 Å². The van der Waals surface area contributed by atoms with Gasteiger partial charge in [-0.25, -0.2) is 4.39 Å². The molecule has 1 aromatic heterocycles. The molecule has 0 saturated carbocycles. The van der Waals surface area contributed by atoms with E-state index in [1.165, 1.54) is 12.1 Å². The third-order valence-electron chi connectivity index (χ3n) is 4.85. The predicted molar refractivity (Wildman–Crippen MR) is 90.7 cm³/mol. The van der Waals surface area contributed by atoms with Crippen LogP contribution in [0, 0.1) is 12.7 Å². The molecule has 0 bridgehead atoms. The smallest absolute Gasteiger partial charge is 0.263 e. The Morgan fingerprint density at radius 2 is 2.04 bits per heavy atom. The summed E-state index contributed by atoms with van der Waals surface area (Å²) in [5, 5.41) is 0. The number of carbonyl (C=O) groups excluding carboxylic acids is 1. The van der Waals surface area contributed by atoms with Gasteiger partial charge in [-0.2, -0.15) is 0 Å². The topological polar surface area (TPSA) is 42.3 Å². The van der Waals surface area contributed by atoms with Crippen molar-refractivity contribution in [2.75, 3.05) is 6.54 Å². The zero-order valence-corrected chi connectivity index (χ0v) is 14.2. The van der Waals surface area contributed by atoms with Crippen LogP contribution in [0.2, 0.25) is 0 Å². The average molecular weight is 328 g/mol. The first kappa shape index (κ1) is 16.4. The molecule has 0 aliphatic carbocycles. The number of halogens is 1. The highest BCUT2D eigenvalue weighted by atomic mass is 19.1. The predicted octanol–water partition coefficient (Wildman–Crippen LogP) is 3.08. The van der Waals surface area contributed by atoms with Gasteiger partial charge in [-0.15, -0.1) is 0 Å². The van der Waals surface area contributed by atoms with E-state index >= 15 is 0 Å². The molecular formula is C19H21FN2O2. The molecule has 0 N–H and O–H groups in total. The maximum atomic E-state index is 13.6. The van der Waals surface area contributed by atoms with Crippen LogP contribution in [0.5, 0.6) is 0 Å². The number of pyridine rings is 1. The van der Waals surface area contributed by atoms with Crippen molar-refractivity contribution >= 4 is 5.91 Å². The molecule has 24 heavy (non-hydrogen) atoms. The highest BCUT2D eigenvalue weighted by Crippen LogP contribution is 2.30. The number of fused-ring (bicyclic) bond motifs is 1. The van der Waals surface area contributed by atoms with Crippen LogP contribution in [0.25, 0.3) is 0 Å². The van der Waals surface area contributed by atoms with Crippen LogP contribution in [0.4, 0.5) is 4.39 Å². The molecule has 4 nitrogen and oxygen atoms in total. The van der Waals surface area contributed by atoms with Gasteiger partial charge in [-0.05, 0) is 62.6 Å². The van der Waals surface area contributed by atoms with Crippen molar-refractivity contribution in [2.45, 2.75) is 39.8 Å². The number of nitrogens with zero attached hydrogens (tertiary/aromatic N) is 2. The van der Waals surface area contributed by atoms with Crippen molar-refractivity contribution in [1.82, 2.24) is 9.47 Å². The van der Waals surface area contributed by atoms with E-state index in [-0.39, 0.29) is 28.9 Å². The van der Waals surface area contributed by atoms with Gasteiger partial charge in [0.25, 0.3) is 11.5 Å². The normalized spacial score (nSPS) is 16.8. The molecule has 1 atom stereocenters. The van der Waals surface area contributed by atoms with E-state index in [1.54, 1.807) is 27.7 Å². The van der Waals surface area contributed by atoms with Gasteiger partial charge in [0.1, 0.15) is 11.4 Å². The molecule has 5 heteroatoms. The molecule has 1 unspecified atom stereocenters. The van der Waals surface area contributed by atoms with Crippen molar-refractivity contribution in [1.29, 1.82) is 0 Å². The van der Waals surface area contributed by atoms with Crippen molar-refractivity contribution < 1.29 is 9.18 Å². The first-order valence-electron chi connectivity index (χ1n) is 8.23. The molecule has 1 aromatic carbocycles. The van der Waals surface area contributed by atoms with Gasteiger partial charge in [0, 0.05) is 18.8 Å². The number of carbonyl (C=O) groups is 1. The SMILES string of the molecule is CCn1c(C)ccc(C(=O)N2CCc3ccc(F)cc3C2C)c1=O. The zero-order chi connectivity index (χ0) is 17.4. The largest absolute Gasteiger partial charge is 0.331 e. The summed E-state index contributed by atoms with van der Waals surface area (Å²) < 4.78 is 15.2. The van der Waals surface area contributed by atoms with E-state index in [9.17, 15) is 14.0 Å². The number of aryl methyl sites for hydroxylation is 1. The Bertz CT molecular complexity index is 857. The highest BCUT2D eigenvalue weighted by Gasteiger charge is 2.30. The Hall–Kier alpha value is -2.43. The maximum Gasteiger partial charge on any atom is 0.263 e. The Morgan fingerprint density at radius 3 is 2.75 bits per heavy atom. The molecule has 0 radical (unpaired) electrons. The summed E-state index contributed by atoms with van der Waals surface area (Å²) in [6.07, 6.45) is 0.666. The quantitative estimate of drug-likeness (QED) is 0.850.